The Balaban J connectivity index is 1.75. The number of imide groups is 2. The van der Waals surface area contributed by atoms with Gasteiger partial charge in [-0.3, -0.25) is 33.6 Å². The maximum Gasteiger partial charge on any atom is 0.334 e. The molecular formula is C35H52N4O14. The van der Waals surface area contributed by atoms with Crippen molar-refractivity contribution in [2.75, 3.05) is 13.1 Å². The molecule has 3 N–H and O–H groups in total. The highest BCUT2D eigenvalue weighted by Crippen LogP contribution is 2.16. The molecule has 2 heterocycles. The third-order valence-electron chi connectivity index (χ3n) is 8.75. The summed E-state index contributed by atoms with van der Waals surface area (Å²) in [6, 6.07) is -1.39. The lowest BCUT2D eigenvalue weighted by Crippen LogP contribution is -2.42. The van der Waals surface area contributed by atoms with E-state index in [0.29, 0.717) is 16.5 Å². The molecule has 0 aliphatic carbocycles. The SMILES string of the molecule is O=C(O)CCCCCCCCCCCCCCC(=O)NC(CCC(=O)N(CCC(=O)ON1C(=O)CCC1=O)CCC(=O)ON1C(=O)CCC1=O)C(=O)O. The van der Waals surface area contributed by atoms with Crippen LogP contribution in [0.25, 0.3) is 0 Å². The topological polar surface area (TPSA) is 251 Å². The van der Waals surface area contributed by atoms with Gasteiger partial charge in [-0.25, -0.2) is 14.4 Å². The van der Waals surface area contributed by atoms with Crippen LogP contribution < -0.4 is 5.32 Å². The standard InChI is InChI=1S/C35H52N4O14/c40-26(13-11-9-7-5-3-1-2-4-6-8-10-12-14-32(46)47)36-25(35(50)51)15-16-27(41)37(23-21-33(48)52-38-28(42)17-18-29(38)43)24-22-34(49)53-39-30(44)19-20-31(39)45/h25H,1-24H2,(H,36,40)(H,46,47)(H,50,51). The van der Waals surface area contributed by atoms with E-state index in [-0.39, 0.29) is 58.0 Å². The molecule has 2 aliphatic rings. The van der Waals surface area contributed by atoms with E-state index in [0.717, 1.165) is 75.5 Å². The molecule has 0 aromatic rings. The van der Waals surface area contributed by atoms with E-state index in [2.05, 4.69) is 5.32 Å². The molecule has 0 radical (unpaired) electrons. The first-order valence-corrected chi connectivity index (χ1v) is 18.4. The zero-order valence-electron chi connectivity index (χ0n) is 30.2. The molecule has 53 heavy (non-hydrogen) atoms. The van der Waals surface area contributed by atoms with E-state index in [1.807, 2.05) is 0 Å². The van der Waals surface area contributed by atoms with Crippen LogP contribution >= 0.6 is 0 Å². The fourth-order valence-corrected chi connectivity index (χ4v) is 5.70. The van der Waals surface area contributed by atoms with Crippen molar-refractivity contribution >= 4 is 59.3 Å². The van der Waals surface area contributed by atoms with Gasteiger partial charge in [0.15, 0.2) is 0 Å². The molecule has 2 rings (SSSR count). The molecule has 1 unspecified atom stereocenters. The molecule has 18 heteroatoms. The van der Waals surface area contributed by atoms with Gasteiger partial charge in [0.2, 0.25) is 11.8 Å². The zero-order valence-corrected chi connectivity index (χ0v) is 30.2. The normalized spacial score (nSPS) is 14.7. The minimum Gasteiger partial charge on any atom is -0.481 e. The number of hydrogen-bond acceptors (Lipinski definition) is 12. The molecule has 2 fully saturated rings. The van der Waals surface area contributed by atoms with E-state index < -0.39 is 84.6 Å². The molecule has 18 nitrogen and oxygen atoms in total. The molecule has 0 aromatic heterocycles. The molecule has 1 atom stereocenters. The van der Waals surface area contributed by atoms with Crippen LogP contribution in [0, 0.1) is 0 Å². The fraction of sp³-hybridized carbons (Fsp3) is 0.714. The lowest BCUT2D eigenvalue weighted by molar-refractivity contribution is -0.198. The van der Waals surface area contributed by atoms with Gasteiger partial charge in [0.05, 0.1) is 12.8 Å². The lowest BCUT2D eigenvalue weighted by Gasteiger charge is -2.24. The molecule has 0 saturated carbocycles. The Labute approximate surface area is 307 Å². The van der Waals surface area contributed by atoms with Crippen molar-refractivity contribution in [3.05, 3.63) is 0 Å². The van der Waals surface area contributed by atoms with Gasteiger partial charge in [-0.15, -0.1) is 10.1 Å². The van der Waals surface area contributed by atoms with Crippen LogP contribution in [0.4, 0.5) is 0 Å². The lowest BCUT2D eigenvalue weighted by atomic mass is 10.0. The number of hydroxylamine groups is 4. The summed E-state index contributed by atoms with van der Waals surface area (Å²) in [4.78, 5) is 131. The van der Waals surface area contributed by atoms with Crippen molar-refractivity contribution < 1.29 is 67.8 Å². The number of amides is 6. The van der Waals surface area contributed by atoms with Crippen LogP contribution in [-0.4, -0.2) is 104 Å². The second-order valence-electron chi connectivity index (χ2n) is 13.1. The number of hydrogen-bond donors (Lipinski definition) is 3. The van der Waals surface area contributed by atoms with Crippen molar-refractivity contribution in [2.24, 2.45) is 0 Å². The molecule has 0 aromatic carbocycles. The minimum absolute atomic E-state index is 0.111. The summed E-state index contributed by atoms with van der Waals surface area (Å²) in [6.45, 7) is -0.716. The summed E-state index contributed by atoms with van der Waals surface area (Å²) < 4.78 is 0. The Morgan fingerprint density at radius 3 is 1.32 bits per heavy atom. The number of carbonyl (C=O) groups is 10. The third kappa shape index (κ3) is 17.9. The van der Waals surface area contributed by atoms with Gasteiger partial charge in [0.1, 0.15) is 6.04 Å². The highest BCUT2D eigenvalue weighted by atomic mass is 16.7. The van der Waals surface area contributed by atoms with Crippen LogP contribution in [0.15, 0.2) is 0 Å². The predicted molar refractivity (Wildman–Crippen MR) is 181 cm³/mol. The number of rotatable bonds is 28. The van der Waals surface area contributed by atoms with Gasteiger partial charge in [-0.2, -0.15) is 0 Å². The molecule has 296 valence electrons. The largest absolute Gasteiger partial charge is 0.481 e. The van der Waals surface area contributed by atoms with E-state index in [9.17, 15) is 53.1 Å². The Morgan fingerprint density at radius 1 is 0.566 bits per heavy atom. The van der Waals surface area contributed by atoms with Gasteiger partial charge < -0.3 is 30.1 Å². The first kappa shape index (κ1) is 44.3. The maximum absolute atomic E-state index is 13.2. The second kappa shape index (κ2) is 24.4. The van der Waals surface area contributed by atoms with Gasteiger partial charge in [0.25, 0.3) is 23.6 Å². The number of nitrogens with zero attached hydrogens (tertiary/aromatic N) is 3. The maximum atomic E-state index is 13.2. The Kier molecular flexibility index (Phi) is 20.3. The average Bonchev–Trinajstić information content (AvgIpc) is 3.59. The third-order valence-corrected chi connectivity index (χ3v) is 8.75. The zero-order chi connectivity index (χ0) is 39.2. The number of carbonyl (C=O) groups excluding carboxylic acids is 8. The van der Waals surface area contributed by atoms with Gasteiger partial charge in [-0.1, -0.05) is 64.2 Å². The second-order valence-corrected chi connectivity index (χ2v) is 13.1. The summed E-state index contributed by atoms with van der Waals surface area (Å²) in [5, 5.41) is 21.5. The molecular weight excluding hydrogens is 700 g/mol. The first-order chi connectivity index (χ1) is 25.3. The van der Waals surface area contributed by atoms with Crippen molar-refractivity contribution in [3.8, 4) is 0 Å². The van der Waals surface area contributed by atoms with Crippen molar-refractivity contribution in [3.63, 3.8) is 0 Å². The first-order valence-electron chi connectivity index (χ1n) is 18.4. The monoisotopic (exact) mass is 752 g/mol. The highest BCUT2D eigenvalue weighted by molar-refractivity contribution is 6.02. The Bertz CT molecular complexity index is 1250. The summed E-state index contributed by atoms with van der Waals surface area (Å²) in [7, 11) is 0. The summed E-state index contributed by atoms with van der Waals surface area (Å²) >= 11 is 0. The number of carboxylic acid groups (broad SMARTS) is 2. The van der Waals surface area contributed by atoms with E-state index in [1.165, 1.54) is 0 Å². The van der Waals surface area contributed by atoms with Gasteiger partial charge >= 0.3 is 23.9 Å². The van der Waals surface area contributed by atoms with Crippen LogP contribution in [-0.2, 0) is 57.6 Å². The molecule has 2 aliphatic heterocycles. The van der Waals surface area contributed by atoms with E-state index in [4.69, 9.17) is 14.8 Å². The van der Waals surface area contributed by atoms with Gasteiger partial charge in [0, 0.05) is 58.0 Å². The van der Waals surface area contributed by atoms with E-state index in [1.54, 1.807) is 0 Å². The Hall–Kier alpha value is -4.90. The number of nitrogens with one attached hydrogen (secondary N) is 1. The summed E-state index contributed by atoms with van der Waals surface area (Å²) in [5.41, 5.74) is 0. The van der Waals surface area contributed by atoms with Gasteiger partial charge in [-0.05, 0) is 19.3 Å². The molecule has 6 amide bonds. The van der Waals surface area contributed by atoms with Crippen LogP contribution in [0.5, 0.6) is 0 Å². The molecule has 0 spiro atoms. The number of carboxylic acids is 2. The van der Waals surface area contributed by atoms with Crippen molar-refractivity contribution in [1.29, 1.82) is 0 Å². The molecule has 2 saturated heterocycles. The fourth-order valence-electron chi connectivity index (χ4n) is 5.70. The number of unbranched alkanes of at least 4 members (excludes halogenated alkanes) is 11. The molecule has 0 bridgehead atoms. The van der Waals surface area contributed by atoms with Crippen LogP contribution in [0.3, 0.4) is 0 Å². The van der Waals surface area contributed by atoms with Crippen molar-refractivity contribution in [2.45, 2.75) is 147 Å². The highest BCUT2D eigenvalue weighted by Gasteiger charge is 2.34. The van der Waals surface area contributed by atoms with Crippen LogP contribution in [0.1, 0.15) is 141 Å². The average molecular weight is 753 g/mol. The summed E-state index contributed by atoms with van der Waals surface area (Å²) in [6.07, 6.45) is 9.72. The predicted octanol–water partition coefficient (Wildman–Crippen LogP) is 2.71. The Morgan fingerprint density at radius 2 is 0.943 bits per heavy atom. The van der Waals surface area contributed by atoms with Crippen molar-refractivity contribution in [1.82, 2.24) is 20.3 Å². The minimum atomic E-state index is -1.39. The smallest absolute Gasteiger partial charge is 0.334 e. The number of aliphatic carboxylic acids is 2. The quantitative estimate of drug-likeness (QED) is 0.0768. The van der Waals surface area contributed by atoms with E-state index >= 15 is 0 Å². The van der Waals surface area contributed by atoms with Crippen LogP contribution in [0.2, 0.25) is 0 Å². The summed E-state index contributed by atoms with van der Waals surface area (Å²) in [5.74, 6) is -8.12.